The maximum Gasteiger partial charge on any atom is 0.640 e. The zero-order chi connectivity index (χ0) is 9.84. The molecule has 0 bridgehead atoms. The van der Waals surface area contributed by atoms with Crippen LogP contribution in [0.4, 0.5) is 11.4 Å². The molecule has 0 fully saturated rings. The standard InChI is InChI=1S/C6H5N2O4P/c9-8(10)6-4-2-1-3-5(6)7-13(11)12/h1-4H,(H-,7,11,12)/p+1. The Kier molecular flexibility index (Phi) is 2.89. The van der Waals surface area contributed by atoms with Crippen molar-refractivity contribution in [2.75, 3.05) is 5.09 Å². The molecular weight excluding hydrogens is 195 g/mol. The molecule has 0 saturated heterocycles. The van der Waals surface area contributed by atoms with Crippen molar-refractivity contribution in [3.8, 4) is 0 Å². The van der Waals surface area contributed by atoms with Crippen LogP contribution in [0.1, 0.15) is 0 Å². The van der Waals surface area contributed by atoms with Crippen molar-refractivity contribution in [3.05, 3.63) is 34.4 Å². The van der Waals surface area contributed by atoms with E-state index in [1.54, 1.807) is 0 Å². The second-order valence-electron chi connectivity index (χ2n) is 2.16. The second kappa shape index (κ2) is 3.93. The molecule has 1 aromatic rings. The van der Waals surface area contributed by atoms with Crippen LogP contribution in [0.2, 0.25) is 0 Å². The van der Waals surface area contributed by atoms with Gasteiger partial charge in [0, 0.05) is 6.07 Å². The van der Waals surface area contributed by atoms with Gasteiger partial charge in [-0.1, -0.05) is 12.1 Å². The Morgan fingerprint density at radius 1 is 1.46 bits per heavy atom. The van der Waals surface area contributed by atoms with E-state index >= 15 is 0 Å². The monoisotopic (exact) mass is 201 g/mol. The van der Waals surface area contributed by atoms with Crippen molar-refractivity contribution in [1.29, 1.82) is 0 Å². The Morgan fingerprint density at radius 3 is 2.62 bits per heavy atom. The molecule has 0 heterocycles. The van der Waals surface area contributed by atoms with Gasteiger partial charge in [0.25, 0.3) is 5.69 Å². The molecule has 0 aliphatic rings. The van der Waals surface area contributed by atoms with Crippen LogP contribution in [0.3, 0.4) is 0 Å². The third-order valence-corrected chi connectivity index (χ3v) is 1.75. The fourth-order valence-corrected chi connectivity index (χ4v) is 1.23. The molecule has 2 N–H and O–H groups in total. The lowest BCUT2D eigenvalue weighted by Gasteiger charge is -1.94. The molecule has 6 nitrogen and oxygen atoms in total. The van der Waals surface area contributed by atoms with E-state index in [1.165, 1.54) is 24.3 Å². The molecule has 1 atom stereocenters. The molecule has 7 heteroatoms. The molecule has 0 aliphatic carbocycles. The van der Waals surface area contributed by atoms with Crippen LogP contribution < -0.4 is 5.09 Å². The summed E-state index contributed by atoms with van der Waals surface area (Å²) in [6.45, 7) is 0. The molecule has 1 rings (SSSR count). The quantitative estimate of drug-likeness (QED) is 0.440. The van der Waals surface area contributed by atoms with Crippen molar-refractivity contribution in [3.63, 3.8) is 0 Å². The lowest BCUT2D eigenvalue weighted by atomic mass is 10.3. The molecule has 0 aromatic heterocycles. The normalized spacial score (nSPS) is 10.7. The summed E-state index contributed by atoms with van der Waals surface area (Å²) >= 11 is 0. The molecule has 1 aromatic carbocycles. The minimum atomic E-state index is -2.62. The van der Waals surface area contributed by atoms with Crippen LogP contribution >= 0.6 is 8.18 Å². The highest BCUT2D eigenvalue weighted by Gasteiger charge is 2.19. The van der Waals surface area contributed by atoms with E-state index in [1.807, 2.05) is 0 Å². The summed E-state index contributed by atoms with van der Waals surface area (Å²) in [5.74, 6) is 0. The summed E-state index contributed by atoms with van der Waals surface area (Å²) in [4.78, 5) is 18.3. The Morgan fingerprint density at radius 2 is 2.08 bits per heavy atom. The molecule has 0 radical (unpaired) electrons. The first-order valence-electron chi connectivity index (χ1n) is 3.27. The van der Waals surface area contributed by atoms with Crippen LogP contribution in [0.5, 0.6) is 0 Å². The fraction of sp³-hybridized carbons (Fsp3) is 0. The Balaban J connectivity index is 3.04. The first-order chi connectivity index (χ1) is 6.11. The second-order valence-corrected chi connectivity index (χ2v) is 2.93. The minimum Gasteiger partial charge on any atom is -0.258 e. The average Bonchev–Trinajstić information content (AvgIpc) is 2.03. The van der Waals surface area contributed by atoms with E-state index in [4.69, 9.17) is 4.89 Å². The topological polar surface area (TPSA) is 92.5 Å². The molecule has 1 unspecified atom stereocenters. The van der Waals surface area contributed by atoms with E-state index in [2.05, 4.69) is 5.09 Å². The van der Waals surface area contributed by atoms with Crippen LogP contribution in [0.25, 0.3) is 0 Å². The van der Waals surface area contributed by atoms with Gasteiger partial charge in [0.2, 0.25) is 0 Å². The lowest BCUT2D eigenvalue weighted by molar-refractivity contribution is -0.383. The Hall–Kier alpha value is -1.52. The van der Waals surface area contributed by atoms with Gasteiger partial charge in [-0.15, -0.1) is 9.98 Å². The smallest absolute Gasteiger partial charge is 0.258 e. The summed E-state index contributed by atoms with van der Waals surface area (Å²) in [6, 6.07) is 5.63. The van der Waals surface area contributed by atoms with Gasteiger partial charge in [0.15, 0.2) is 5.69 Å². The lowest BCUT2D eigenvalue weighted by Crippen LogP contribution is -1.94. The predicted molar refractivity (Wildman–Crippen MR) is 46.5 cm³/mol. The van der Waals surface area contributed by atoms with Gasteiger partial charge >= 0.3 is 8.18 Å². The summed E-state index contributed by atoms with van der Waals surface area (Å²) in [7, 11) is -2.62. The number of hydrogen-bond donors (Lipinski definition) is 2. The van der Waals surface area contributed by atoms with Crippen molar-refractivity contribution >= 4 is 19.6 Å². The molecule has 13 heavy (non-hydrogen) atoms. The van der Waals surface area contributed by atoms with E-state index in [-0.39, 0.29) is 11.4 Å². The third kappa shape index (κ3) is 2.47. The highest BCUT2D eigenvalue weighted by atomic mass is 31.1. The van der Waals surface area contributed by atoms with Gasteiger partial charge in [-0.3, -0.25) is 10.1 Å². The van der Waals surface area contributed by atoms with E-state index < -0.39 is 13.1 Å². The van der Waals surface area contributed by atoms with Gasteiger partial charge < -0.3 is 0 Å². The largest absolute Gasteiger partial charge is 0.640 e. The van der Waals surface area contributed by atoms with Crippen LogP contribution in [-0.2, 0) is 4.57 Å². The number of benzene rings is 1. The maximum atomic E-state index is 10.4. The van der Waals surface area contributed by atoms with Gasteiger partial charge in [0.05, 0.1) is 4.92 Å². The number of nitrogens with zero attached hydrogens (tertiary/aromatic N) is 1. The molecule has 68 valence electrons. The third-order valence-electron chi connectivity index (χ3n) is 1.32. The summed E-state index contributed by atoms with van der Waals surface area (Å²) in [6.07, 6.45) is 0. The van der Waals surface area contributed by atoms with Gasteiger partial charge in [-0.05, 0) is 10.6 Å². The summed E-state index contributed by atoms with van der Waals surface area (Å²) in [5, 5.41) is 12.5. The Labute approximate surface area is 74.3 Å². The van der Waals surface area contributed by atoms with Crippen LogP contribution in [0.15, 0.2) is 24.3 Å². The highest BCUT2D eigenvalue weighted by Crippen LogP contribution is 2.28. The molecule has 0 aliphatic heterocycles. The zero-order valence-corrected chi connectivity index (χ0v) is 7.27. The first kappa shape index (κ1) is 9.57. The number of anilines is 1. The molecule has 0 saturated carbocycles. The number of nitrogens with one attached hydrogen (secondary N) is 1. The maximum absolute atomic E-state index is 10.4. The number of para-hydroxylation sites is 2. The van der Waals surface area contributed by atoms with Gasteiger partial charge in [-0.25, -0.2) is 0 Å². The summed E-state index contributed by atoms with van der Waals surface area (Å²) < 4.78 is 10.4. The predicted octanol–water partition coefficient (Wildman–Crippen LogP) is 1.66. The molecule has 0 amide bonds. The number of hydrogen-bond acceptors (Lipinski definition) is 3. The van der Waals surface area contributed by atoms with Gasteiger partial charge in [-0.2, -0.15) is 0 Å². The van der Waals surface area contributed by atoms with Crippen molar-refractivity contribution in [2.45, 2.75) is 0 Å². The van der Waals surface area contributed by atoms with E-state index in [0.29, 0.717) is 0 Å². The highest BCUT2D eigenvalue weighted by molar-refractivity contribution is 7.39. The SMILES string of the molecule is O=[N+]([O-])c1ccccc1N[P+](=O)O. The summed E-state index contributed by atoms with van der Waals surface area (Å²) in [5.41, 5.74) is -0.184. The zero-order valence-electron chi connectivity index (χ0n) is 6.38. The number of nitro benzene ring substituents is 1. The Bertz CT molecular complexity index is 354. The van der Waals surface area contributed by atoms with E-state index in [9.17, 15) is 14.7 Å². The van der Waals surface area contributed by atoms with Crippen molar-refractivity contribution < 1.29 is 14.4 Å². The van der Waals surface area contributed by atoms with Crippen LogP contribution in [0, 0.1) is 10.1 Å². The van der Waals surface area contributed by atoms with Gasteiger partial charge in [0.1, 0.15) is 0 Å². The van der Waals surface area contributed by atoms with Crippen molar-refractivity contribution in [2.24, 2.45) is 0 Å². The molecular formula is C6H6N2O4P+. The first-order valence-corrected chi connectivity index (χ1v) is 4.48. The van der Waals surface area contributed by atoms with Crippen molar-refractivity contribution in [1.82, 2.24) is 0 Å². The fourth-order valence-electron chi connectivity index (χ4n) is 0.830. The number of rotatable bonds is 3. The average molecular weight is 201 g/mol. The molecule has 0 spiro atoms. The number of nitro groups is 1. The van der Waals surface area contributed by atoms with Crippen LogP contribution in [-0.4, -0.2) is 9.82 Å². The minimum absolute atomic E-state index is 0.0381. The van der Waals surface area contributed by atoms with E-state index in [0.717, 1.165) is 0 Å².